The highest BCUT2D eigenvalue weighted by atomic mass is 79.9. The molecule has 1 nitrogen and oxygen atoms in total. The summed E-state index contributed by atoms with van der Waals surface area (Å²) >= 11 is 5.35. The van der Waals surface area contributed by atoms with Crippen molar-refractivity contribution in [2.75, 3.05) is 11.9 Å². The summed E-state index contributed by atoms with van der Waals surface area (Å²) in [6.07, 6.45) is 0. The molecule has 80 valence electrons. The van der Waals surface area contributed by atoms with Crippen LogP contribution in [0.15, 0.2) is 56.7 Å². The lowest BCUT2D eigenvalue weighted by molar-refractivity contribution is 1.11. The number of rotatable bonds is 0. The molecule has 1 aliphatic heterocycles. The van der Waals surface area contributed by atoms with E-state index in [2.05, 4.69) is 70.3 Å². The summed E-state index contributed by atoms with van der Waals surface area (Å²) in [5.74, 6) is 0. The van der Waals surface area contributed by atoms with Crippen molar-refractivity contribution in [3.63, 3.8) is 0 Å². The Kier molecular flexibility index (Phi) is 2.45. The molecule has 0 saturated carbocycles. The zero-order valence-corrected chi connectivity index (χ0v) is 11.2. The number of hydrogen-bond acceptors (Lipinski definition) is 2. The third-order valence-electron chi connectivity index (χ3n) is 2.73. The Morgan fingerprint density at radius 3 is 2.62 bits per heavy atom. The number of hydrogen-bond donors (Lipinski definition) is 0. The van der Waals surface area contributed by atoms with Crippen molar-refractivity contribution >= 4 is 39.1 Å². The van der Waals surface area contributed by atoms with Crippen molar-refractivity contribution in [1.29, 1.82) is 0 Å². The first-order valence-corrected chi connectivity index (χ1v) is 6.67. The van der Waals surface area contributed by atoms with E-state index in [0.29, 0.717) is 0 Å². The molecule has 0 saturated heterocycles. The summed E-state index contributed by atoms with van der Waals surface area (Å²) in [4.78, 5) is 4.86. The normalized spacial score (nSPS) is 13.2. The number of benzene rings is 2. The highest BCUT2D eigenvalue weighted by Gasteiger charge is 2.19. The van der Waals surface area contributed by atoms with Crippen molar-refractivity contribution in [3.8, 4) is 0 Å². The molecule has 1 aliphatic rings. The Labute approximate surface area is 108 Å². The van der Waals surface area contributed by atoms with Crippen LogP contribution >= 0.6 is 27.7 Å². The van der Waals surface area contributed by atoms with Gasteiger partial charge in [-0.1, -0.05) is 39.8 Å². The summed E-state index contributed by atoms with van der Waals surface area (Å²) in [6.45, 7) is 0. The Hall–Kier alpha value is -0.930. The van der Waals surface area contributed by atoms with Crippen molar-refractivity contribution in [3.05, 3.63) is 46.9 Å². The predicted octanol–water partition coefficient (Wildman–Crippen LogP) is 4.68. The minimum Gasteiger partial charge on any atom is -0.343 e. The van der Waals surface area contributed by atoms with Crippen molar-refractivity contribution in [1.82, 2.24) is 0 Å². The molecule has 0 unspecified atom stereocenters. The molecule has 0 bridgehead atoms. The molecule has 0 aliphatic carbocycles. The van der Waals surface area contributed by atoms with E-state index in [1.54, 1.807) is 0 Å². The van der Waals surface area contributed by atoms with E-state index in [1.807, 2.05) is 11.8 Å². The van der Waals surface area contributed by atoms with Crippen LogP contribution in [0.5, 0.6) is 0 Å². The largest absolute Gasteiger partial charge is 0.343 e. The van der Waals surface area contributed by atoms with Gasteiger partial charge in [0.15, 0.2) is 0 Å². The maximum atomic E-state index is 3.52. The minimum absolute atomic E-state index is 1.13. The summed E-state index contributed by atoms with van der Waals surface area (Å²) in [7, 11) is 2.12. The van der Waals surface area contributed by atoms with Gasteiger partial charge in [-0.15, -0.1) is 0 Å². The molecule has 0 amide bonds. The van der Waals surface area contributed by atoms with Gasteiger partial charge in [0.2, 0.25) is 0 Å². The molecule has 16 heavy (non-hydrogen) atoms. The van der Waals surface area contributed by atoms with Gasteiger partial charge in [0.1, 0.15) is 0 Å². The van der Waals surface area contributed by atoms with Crippen LogP contribution in [0.25, 0.3) is 0 Å². The summed E-state index contributed by atoms with van der Waals surface area (Å²) < 4.78 is 1.13. The van der Waals surface area contributed by atoms with Crippen LogP contribution in [0.1, 0.15) is 0 Å². The fourth-order valence-electron chi connectivity index (χ4n) is 1.92. The Balaban J connectivity index is 2.18. The summed E-state index contributed by atoms with van der Waals surface area (Å²) in [5, 5.41) is 0. The molecular weight excluding hydrogens is 282 g/mol. The van der Waals surface area contributed by atoms with E-state index < -0.39 is 0 Å². The average molecular weight is 292 g/mol. The first-order valence-electron chi connectivity index (χ1n) is 5.06. The highest BCUT2D eigenvalue weighted by Crippen LogP contribution is 2.47. The average Bonchev–Trinajstić information content (AvgIpc) is 2.29. The maximum absolute atomic E-state index is 3.52. The molecule has 3 rings (SSSR count). The first kappa shape index (κ1) is 10.2. The predicted molar refractivity (Wildman–Crippen MR) is 72.8 cm³/mol. The highest BCUT2D eigenvalue weighted by molar-refractivity contribution is 9.10. The fourth-order valence-corrected chi connectivity index (χ4v) is 3.62. The molecule has 3 heteroatoms. The van der Waals surface area contributed by atoms with Crippen LogP contribution in [0.3, 0.4) is 0 Å². The minimum atomic E-state index is 1.13. The van der Waals surface area contributed by atoms with E-state index >= 15 is 0 Å². The topological polar surface area (TPSA) is 3.24 Å². The molecule has 2 aromatic carbocycles. The summed E-state index contributed by atoms with van der Waals surface area (Å²) in [5.41, 5.74) is 2.55. The number of para-hydroxylation sites is 1. The summed E-state index contributed by atoms with van der Waals surface area (Å²) in [6, 6.07) is 14.9. The zero-order valence-electron chi connectivity index (χ0n) is 8.77. The molecule has 0 aromatic heterocycles. The second-order valence-corrected chi connectivity index (χ2v) is 5.74. The lowest BCUT2D eigenvalue weighted by Crippen LogP contribution is -2.14. The Bertz CT molecular complexity index is 553. The smallest absolute Gasteiger partial charge is 0.0551 e. The number of nitrogens with zero attached hydrogens (tertiary/aromatic N) is 1. The van der Waals surface area contributed by atoms with Crippen molar-refractivity contribution in [2.45, 2.75) is 9.79 Å². The van der Waals surface area contributed by atoms with Gasteiger partial charge >= 0.3 is 0 Å². The fraction of sp³-hybridized carbons (Fsp3) is 0.0769. The quantitative estimate of drug-likeness (QED) is 0.693. The molecule has 0 atom stereocenters. The van der Waals surface area contributed by atoms with Crippen molar-refractivity contribution in [2.24, 2.45) is 0 Å². The van der Waals surface area contributed by atoms with E-state index in [9.17, 15) is 0 Å². The maximum Gasteiger partial charge on any atom is 0.0551 e. The number of halogens is 1. The molecule has 0 spiro atoms. The van der Waals surface area contributed by atoms with Crippen LogP contribution in [0.2, 0.25) is 0 Å². The van der Waals surface area contributed by atoms with Gasteiger partial charge in [-0.2, -0.15) is 0 Å². The van der Waals surface area contributed by atoms with E-state index in [-0.39, 0.29) is 0 Å². The van der Waals surface area contributed by atoms with Gasteiger partial charge in [0.05, 0.1) is 11.4 Å². The second-order valence-electron chi connectivity index (χ2n) is 3.74. The van der Waals surface area contributed by atoms with Gasteiger partial charge in [-0.05, 0) is 30.3 Å². The van der Waals surface area contributed by atoms with Crippen LogP contribution in [-0.4, -0.2) is 7.05 Å². The SMILES string of the molecule is CN1c2ccccc2Sc2cc(Br)ccc21. The standard InChI is InChI=1S/C13H10BrNS/c1-15-10-4-2-3-5-12(10)16-13-8-9(14)6-7-11(13)15/h2-8H,1H3. The molecule has 1 heterocycles. The van der Waals surface area contributed by atoms with Gasteiger partial charge in [0, 0.05) is 21.3 Å². The zero-order chi connectivity index (χ0) is 11.1. The van der Waals surface area contributed by atoms with Gasteiger partial charge < -0.3 is 4.90 Å². The van der Waals surface area contributed by atoms with Gasteiger partial charge in [-0.25, -0.2) is 0 Å². The van der Waals surface area contributed by atoms with E-state index in [4.69, 9.17) is 0 Å². The molecular formula is C13H10BrNS. The number of anilines is 2. The Morgan fingerprint density at radius 1 is 1.00 bits per heavy atom. The van der Waals surface area contributed by atoms with E-state index in [1.165, 1.54) is 21.2 Å². The molecule has 0 N–H and O–H groups in total. The van der Waals surface area contributed by atoms with Crippen LogP contribution in [-0.2, 0) is 0 Å². The molecule has 0 fully saturated rings. The molecule has 0 radical (unpaired) electrons. The van der Waals surface area contributed by atoms with Gasteiger partial charge in [-0.3, -0.25) is 0 Å². The lowest BCUT2D eigenvalue weighted by Gasteiger charge is -2.29. The monoisotopic (exact) mass is 291 g/mol. The third kappa shape index (κ3) is 1.55. The van der Waals surface area contributed by atoms with Crippen LogP contribution in [0.4, 0.5) is 11.4 Å². The molecule has 2 aromatic rings. The third-order valence-corrected chi connectivity index (χ3v) is 4.34. The Morgan fingerprint density at radius 2 is 1.75 bits per heavy atom. The second kappa shape index (κ2) is 3.82. The van der Waals surface area contributed by atoms with Crippen LogP contribution < -0.4 is 4.90 Å². The van der Waals surface area contributed by atoms with E-state index in [0.717, 1.165) is 4.47 Å². The van der Waals surface area contributed by atoms with Crippen LogP contribution in [0, 0.1) is 0 Å². The first-order chi connectivity index (χ1) is 7.75. The number of fused-ring (bicyclic) bond motifs is 2. The lowest BCUT2D eigenvalue weighted by atomic mass is 10.2. The van der Waals surface area contributed by atoms with Crippen molar-refractivity contribution < 1.29 is 0 Å². The van der Waals surface area contributed by atoms with Gasteiger partial charge in [0.25, 0.3) is 0 Å².